The number of fused-ring (bicyclic) bond motifs is 3. The van der Waals surface area contributed by atoms with Crippen LogP contribution in [0.2, 0.25) is 5.82 Å². The van der Waals surface area contributed by atoms with Crippen LogP contribution in [0.15, 0.2) is 12.1 Å². The lowest BCUT2D eigenvalue weighted by Crippen LogP contribution is -2.57. The van der Waals surface area contributed by atoms with Gasteiger partial charge in [0.25, 0.3) is 0 Å². The molecule has 3 aliphatic heterocycles. The quantitative estimate of drug-likeness (QED) is 0.472. The fourth-order valence-corrected chi connectivity index (χ4v) is 4.57. The van der Waals surface area contributed by atoms with Crippen LogP contribution < -0.4 is 19.8 Å². The molecule has 3 heterocycles. The number of carboxylic acid groups (broad SMARTS) is 1. The van der Waals surface area contributed by atoms with Gasteiger partial charge in [-0.3, -0.25) is 4.79 Å². The largest absolute Gasteiger partial charge is 0.669 e. The number of nitrogens with one attached hydrogen (secondary N) is 1. The van der Waals surface area contributed by atoms with E-state index in [0.29, 0.717) is 38.2 Å². The maximum absolute atomic E-state index is 12.4. The first kappa shape index (κ1) is 19.6. The van der Waals surface area contributed by atoms with Crippen LogP contribution in [-0.2, 0) is 9.53 Å². The summed E-state index contributed by atoms with van der Waals surface area (Å²) in [5, 5.41) is 35.1. The van der Waals surface area contributed by atoms with E-state index in [0.717, 1.165) is 6.54 Å². The lowest BCUT2D eigenvalue weighted by Gasteiger charge is -2.41. The third-order valence-corrected chi connectivity index (χ3v) is 6.34. The van der Waals surface area contributed by atoms with E-state index < -0.39 is 18.5 Å². The second-order valence-electron chi connectivity index (χ2n) is 8.47. The van der Waals surface area contributed by atoms with E-state index in [1.807, 2.05) is 0 Å². The lowest BCUT2D eigenvalue weighted by molar-refractivity contribution is -0.255. The molecule has 3 atom stereocenters. The van der Waals surface area contributed by atoms with Gasteiger partial charge in [-0.2, -0.15) is 0 Å². The van der Waals surface area contributed by atoms with Crippen LogP contribution in [0.5, 0.6) is 11.5 Å². The molecule has 10 nitrogen and oxygen atoms in total. The van der Waals surface area contributed by atoms with Crippen LogP contribution in [-0.4, -0.2) is 78.6 Å². The van der Waals surface area contributed by atoms with Gasteiger partial charge in [-0.15, -0.1) is 0 Å². The summed E-state index contributed by atoms with van der Waals surface area (Å²) in [5.41, 5.74) is 0.303. The number of amides is 1. The average Bonchev–Trinajstić information content (AvgIpc) is 3.46. The predicted molar refractivity (Wildman–Crippen MR) is 101 cm³/mol. The van der Waals surface area contributed by atoms with Crippen molar-refractivity contribution in [1.29, 1.82) is 0 Å². The van der Waals surface area contributed by atoms with Gasteiger partial charge in [0.15, 0.2) is 0 Å². The van der Waals surface area contributed by atoms with Gasteiger partial charge in [-0.05, 0) is 17.5 Å². The Bertz CT molecular complexity index is 882. The summed E-state index contributed by atoms with van der Waals surface area (Å²) in [6.45, 7) is -0.427. The van der Waals surface area contributed by atoms with E-state index in [2.05, 4.69) is 5.32 Å². The van der Waals surface area contributed by atoms with E-state index in [9.17, 15) is 24.7 Å². The first-order chi connectivity index (χ1) is 14.3. The number of hydrogen-bond donors (Lipinski definition) is 3. The fourth-order valence-electron chi connectivity index (χ4n) is 4.57. The zero-order valence-corrected chi connectivity index (χ0v) is 16.3. The first-order valence-electron chi connectivity index (χ1n) is 10.3. The number of hydrogen-bond acceptors (Lipinski definition) is 9. The van der Waals surface area contributed by atoms with Gasteiger partial charge in [0.2, 0.25) is 5.91 Å². The summed E-state index contributed by atoms with van der Waals surface area (Å²) in [6.07, 6.45) is 0.314. The Morgan fingerprint density at radius 3 is 2.83 bits per heavy atom. The Hall–Kier alpha value is -2.34. The van der Waals surface area contributed by atoms with Crippen molar-refractivity contribution >= 4 is 18.6 Å². The Labute approximate surface area is 172 Å². The van der Waals surface area contributed by atoms with E-state index in [-0.39, 0.29) is 47.5 Å². The molecule has 162 valence electrons. The second-order valence-corrected chi connectivity index (χ2v) is 8.47. The van der Waals surface area contributed by atoms with Crippen molar-refractivity contribution in [2.24, 2.45) is 0 Å². The van der Waals surface area contributed by atoms with Crippen molar-refractivity contribution in [3.05, 3.63) is 23.3 Å². The zero-order chi connectivity index (χ0) is 21.0. The molecule has 3 N–H and O–H groups in total. The molecule has 1 aromatic rings. The predicted octanol–water partition coefficient (Wildman–Crippen LogP) is -1.81. The highest BCUT2D eigenvalue weighted by Gasteiger charge is 2.55. The molecule has 5 rings (SSSR count). The van der Waals surface area contributed by atoms with Crippen molar-refractivity contribution in [3.63, 3.8) is 0 Å². The highest BCUT2D eigenvalue weighted by atomic mass is 16.6. The molecule has 0 bridgehead atoms. The van der Waals surface area contributed by atoms with E-state index in [1.165, 1.54) is 0 Å². The van der Waals surface area contributed by atoms with Crippen LogP contribution in [0, 0.1) is 0 Å². The van der Waals surface area contributed by atoms with Crippen molar-refractivity contribution in [2.75, 3.05) is 32.8 Å². The summed E-state index contributed by atoms with van der Waals surface area (Å²) in [6, 6.07) is 3.24. The third kappa shape index (κ3) is 3.41. The molecule has 0 unspecified atom stereocenters. The summed E-state index contributed by atoms with van der Waals surface area (Å²) in [7, 11) is 0. The molecule has 1 amide bonds. The third-order valence-electron chi connectivity index (χ3n) is 6.34. The summed E-state index contributed by atoms with van der Waals surface area (Å²) in [5.74, 6) is -2.15. The van der Waals surface area contributed by atoms with Crippen LogP contribution in [0.3, 0.4) is 0 Å². The molecule has 0 aromatic heterocycles. The summed E-state index contributed by atoms with van der Waals surface area (Å²) < 4.78 is 16.6. The van der Waals surface area contributed by atoms with Gasteiger partial charge in [0.05, 0.1) is 49.5 Å². The fraction of sp³-hybridized carbons (Fsp3) is 0.579. The topological polar surface area (TPSA) is 141 Å². The zero-order valence-electron chi connectivity index (χ0n) is 16.3. The Morgan fingerprint density at radius 1 is 1.33 bits per heavy atom. The highest BCUT2D eigenvalue weighted by Crippen LogP contribution is 2.63. The van der Waals surface area contributed by atoms with Gasteiger partial charge >= 0.3 is 6.75 Å². The summed E-state index contributed by atoms with van der Waals surface area (Å²) >= 11 is 0. The first-order valence-corrected chi connectivity index (χ1v) is 10.3. The normalized spacial score (nSPS) is 29.1. The minimum absolute atomic E-state index is 0.0368. The van der Waals surface area contributed by atoms with Crippen LogP contribution in [0.4, 0.5) is 0 Å². The number of carbonyl (C=O) groups excluding carboxylic acids is 2. The smallest absolute Gasteiger partial charge is 0.434 e. The minimum atomic E-state index is -3.11. The second kappa shape index (κ2) is 7.12. The van der Waals surface area contributed by atoms with Crippen molar-refractivity contribution in [3.8, 4) is 11.5 Å². The molecular formula is C19H23BN2O8-2. The van der Waals surface area contributed by atoms with Gasteiger partial charge in [0, 0.05) is 13.1 Å². The number of likely N-dealkylation sites (tertiary alicyclic amines) is 1. The Kier molecular flexibility index (Phi) is 4.66. The minimum Gasteiger partial charge on any atom is -0.669 e. The molecule has 3 fully saturated rings. The molecule has 11 heteroatoms. The van der Waals surface area contributed by atoms with Crippen molar-refractivity contribution in [2.45, 2.75) is 36.8 Å². The van der Waals surface area contributed by atoms with Crippen molar-refractivity contribution < 1.29 is 38.9 Å². The van der Waals surface area contributed by atoms with Gasteiger partial charge in [-0.25, -0.2) is 0 Å². The molecule has 0 radical (unpaired) electrons. The average molecular weight is 418 g/mol. The van der Waals surface area contributed by atoms with Crippen LogP contribution in [0.1, 0.15) is 34.7 Å². The number of carbonyl (C=O) groups is 2. The monoisotopic (exact) mass is 418 g/mol. The SMILES string of the molecule is O=C([O-])c1c(OC2CN(C(=O)C[C@H]3CNCCO3)C2)ccc2c1O[B-](O)(O)[C@H]1C[C@@H]21. The molecule has 30 heavy (non-hydrogen) atoms. The highest BCUT2D eigenvalue weighted by molar-refractivity contribution is 6.62. The molecule has 2 saturated heterocycles. The number of carboxylic acids is 1. The van der Waals surface area contributed by atoms with Gasteiger partial charge in [0.1, 0.15) is 11.9 Å². The number of benzene rings is 1. The lowest BCUT2D eigenvalue weighted by atomic mass is 9.68. The van der Waals surface area contributed by atoms with Gasteiger partial charge < -0.3 is 44.3 Å². The standard InChI is InChI=1S/C19H24BN2O8/c23-16(5-10-7-21-3-4-28-10)22-8-11(9-22)29-15-2-1-12-13-6-14(13)20(26,27)30-18(12)17(15)19(24)25/h1-2,10-11,13-14,21,26-27H,3-9H2,(H,24,25)/q-1/p-1/t10-,13-,14-/m0/s1. The molecule has 4 aliphatic rings. The molecular weight excluding hydrogens is 395 g/mol. The maximum Gasteiger partial charge on any atom is 0.434 e. The summed E-state index contributed by atoms with van der Waals surface area (Å²) in [4.78, 5) is 25.8. The Balaban J connectivity index is 1.25. The van der Waals surface area contributed by atoms with Gasteiger partial charge in [-0.1, -0.05) is 18.3 Å². The molecule has 1 aliphatic carbocycles. The molecule has 1 aromatic carbocycles. The number of nitrogens with zero attached hydrogens (tertiary/aromatic N) is 1. The van der Waals surface area contributed by atoms with Crippen LogP contribution >= 0.6 is 0 Å². The van der Waals surface area contributed by atoms with E-state index >= 15 is 0 Å². The number of ether oxygens (including phenoxy) is 2. The number of aromatic carboxylic acids is 1. The van der Waals surface area contributed by atoms with E-state index in [1.54, 1.807) is 17.0 Å². The molecule has 0 spiro atoms. The van der Waals surface area contributed by atoms with Crippen LogP contribution in [0.25, 0.3) is 0 Å². The number of rotatable bonds is 5. The maximum atomic E-state index is 12.4. The Morgan fingerprint density at radius 2 is 2.13 bits per heavy atom. The number of morpholine rings is 1. The van der Waals surface area contributed by atoms with Crippen molar-refractivity contribution in [1.82, 2.24) is 10.2 Å². The molecule has 1 saturated carbocycles. The van der Waals surface area contributed by atoms with E-state index in [4.69, 9.17) is 14.1 Å².